The Morgan fingerprint density at radius 2 is 1.90 bits per heavy atom. The maximum atomic E-state index is 12.5. The van der Waals surface area contributed by atoms with Crippen molar-refractivity contribution in [3.05, 3.63) is 94.2 Å². The molecule has 1 amide bonds. The smallest absolute Gasteiger partial charge is 0.268 e. The molecule has 0 spiro atoms. The highest BCUT2D eigenvalue weighted by Gasteiger charge is 2.26. The van der Waals surface area contributed by atoms with E-state index in [-0.39, 0.29) is 17.9 Å². The van der Waals surface area contributed by atoms with Gasteiger partial charge >= 0.3 is 0 Å². The average Bonchev–Trinajstić information content (AvgIpc) is 3.49. The number of fused-ring (bicyclic) bond motifs is 1. The fourth-order valence-electron chi connectivity index (χ4n) is 3.44. The number of ether oxygens (including phenoxy) is 1. The normalized spacial score (nSPS) is 14.9. The Labute approximate surface area is 183 Å². The van der Waals surface area contributed by atoms with Crippen LogP contribution in [0.3, 0.4) is 0 Å². The van der Waals surface area contributed by atoms with Crippen LogP contribution in [0.25, 0.3) is 5.70 Å². The van der Waals surface area contributed by atoms with Crippen molar-refractivity contribution in [1.29, 1.82) is 0 Å². The topological polar surface area (TPSA) is 81.1 Å². The van der Waals surface area contributed by atoms with E-state index in [9.17, 15) is 4.79 Å². The van der Waals surface area contributed by atoms with Crippen LogP contribution in [0.1, 0.15) is 26.8 Å². The van der Waals surface area contributed by atoms with Crippen molar-refractivity contribution in [1.82, 2.24) is 14.8 Å². The van der Waals surface area contributed by atoms with Crippen LogP contribution in [-0.2, 0) is 0 Å². The average molecular weight is 430 g/mol. The molecule has 2 N–H and O–H groups in total. The van der Waals surface area contributed by atoms with Crippen LogP contribution in [0.15, 0.2) is 78.2 Å². The maximum Gasteiger partial charge on any atom is 0.268 e. The molecule has 154 valence electrons. The number of anilines is 2. The second-order valence-electron chi connectivity index (χ2n) is 6.92. The first-order valence-corrected chi connectivity index (χ1v) is 10.6. The number of methoxy groups -OCH3 is 1. The molecular formula is C23H19N5O2S. The first-order chi connectivity index (χ1) is 15.2. The van der Waals surface area contributed by atoms with Gasteiger partial charge in [-0.25, -0.2) is 4.68 Å². The molecule has 2 aromatic heterocycles. The molecule has 1 unspecified atom stereocenters. The predicted molar refractivity (Wildman–Crippen MR) is 121 cm³/mol. The van der Waals surface area contributed by atoms with E-state index in [1.165, 1.54) is 11.3 Å². The van der Waals surface area contributed by atoms with E-state index in [2.05, 4.69) is 26.8 Å². The van der Waals surface area contributed by atoms with Crippen LogP contribution in [0.5, 0.6) is 5.75 Å². The molecule has 0 fully saturated rings. The van der Waals surface area contributed by atoms with E-state index >= 15 is 0 Å². The van der Waals surface area contributed by atoms with Gasteiger partial charge in [-0.1, -0.05) is 48.5 Å². The Morgan fingerprint density at radius 1 is 1.10 bits per heavy atom. The third-order valence-electron chi connectivity index (χ3n) is 4.98. The van der Waals surface area contributed by atoms with Gasteiger partial charge < -0.3 is 10.1 Å². The number of thiophene rings is 1. The molecule has 2 aromatic carbocycles. The largest absolute Gasteiger partial charge is 0.497 e. The Bertz CT molecular complexity index is 1230. The second kappa shape index (κ2) is 8.08. The lowest BCUT2D eigenvalue weighted by Gasteiger charge is -2.24. The zero-order chi connectivity index (χ0) is 21.2. The summed E-state index contributed by atoms with van der Waals surface area (Å²) in [6, 6.07) is 21.3. The van der Waals surface area contributed by atoms with Crippen molar-refractivity contribution in [3.63, 3.8) is 0 Å². The van der Waals surface area contributed by atoms with E-state index in [0.29, 0.717) is 10.8 Å². The van der Waals surface area contributed by atoms with Crippen molar-refractivity contribution >= 4 is 34.8 Å². The molecule has 5 rings (SSSR count). The lowest BCUT2D eigenvalue weighted by atomic mass is 10.0. The number of benzene rings is 2. The number of nitrogens with one attached hydrogen (secondary N) is 2. The minimum Gasteiger partial charge on any atom is -0.497 e. The number of amides is 1. The number of nitrogens with zero attached hydrogens (tertiary/aromatic N) is 3. The van der Waals surface area contributed by atoms with E-state index in [4.69, 9.17) is 4.74 Å². The first kappa shape index (κ1) is 19.1. The highest BCUT2D eigenvalue weighted by molar-refractivity contribution is 7.12. The molecule has 0 bridgehead atoms. The van der Waals surface area contributed by atoms with Gasteiger partial charge in [0.2, 0.25) is 5.95 Å². The van der Waals surface area contributed by atoms with Crippen molar-refractivity contribution in [2.24, 2.45) is 0 Å². The third-order valence-corrected chi connectivity index (χ3v) is 5.85. The molecule has 31 heavy (non-hydrogen) atoms. The summed E-state index contributed by atoms with van der Waals surface area (Å²) < 4.78 is 7.07. The van der Waals surface area contributed by atoms with E-state index in [1.54, 1.807) is 17.9 Å². The minimum absolute atomic E-state index is 0.197. The molecular weight excluding hydrogens is 410 g/mol. The zero-order valence-corrected chi connectivity index (χ0v) is 17.5. The Kier molecular flexibility index (Phi) is 4.97. The third kappa shape index (κ3) is 3.80. The van der Waals surface area contributed by atoms with Crippen molar-refractivity contribution < 1.29 is 9.53 Å². The number of carbonyl (C=O) groups excluding carboxylic acids is 1. The highest BCUT2D eigenvalue weighted by Crippen LogP contribution is 2.33. The van der Waals surface area contributed by atoms with Gasteiger partial charge in [0.05, 0.1) is 12.0 Å². The van der Waals surface area contributed by atoms with Gasteiger partial charge in [0.1, 0.15) is 11.8 Å². The molecule has 0 saturated carbocycles. The maximum absolute atomic E-state index is 12.5. The number of rotatable bonds is 5. The SMILES string of the molecule is COc1ccc(C2C=C(c3ccccc3)Nc3nc(NC(=O)c4cccs4)nn32)cc1. The van der Waals surface area contributed by atoms with Gasteiger partial charge in [0, 0.05) is 5.70 Å². The summed E-state index contributed by atoms with van der Waals surface area (Å²) in [7, 11) is 1.64. The fraction of sp³-hybridized carbons (Fsp3) is 0.0870. The van der Waals surface area contributed by atoms with Crippen LogP contribution in [0.4, 0.5) is 11.9 Å². The lowest BCUT2D eigenvalue weighted by Crippen LogP contribution is -2.20. The molecule has 0 saturated heterocycles. The summed E-state index contributed by atoms with van der Waals surface area (Å²) in [5, 5.41) is 12.6. The van der Waals surface area contributed by atoms with Gasteiger partial charge in [0.25, 0.3) is 11.9 Å². The van der Waals surface area contributed by atoms with Gasteiger partial charge in [0.15, 0.2) is 0 Å². The van der Waals surface area contributed by atoms with Crippen LogP contribution in [0.2, 0.25) is 0 Å². The number of allylic oxidation sites excluding steroid dienone is 1. The molecule has 4 aromatic rings. The molecule has 0 aliphatic carbocycles. The van der Waals surface area contributed by atoms with Crippen LogP contribution < -0.4 is 15.4 Å². The zero-order valence-electron chi connectivity index (χ0n) is 16.6. The summed E-state index contributed by atoms with van der Waals surface area (Å²) >= 11 is 1.37. The molecule has 1 aliphatic rings. The first-order valence-electron chi connectivity index (χ1n) is 9.71. The Hall–Kier alpha value is -3.91. The molecule has 1 atom stereocenters. The summed E-state index contributed by atoms with van der Waals surface area (Å²) in [6.07, 6.45) is 2.10. The number of hydrogen-bond acceptors (Lipinski definition) is 6. The minimum atomic E-state index is -0.227. The molecule has 3 heterocycles. The van der Waals surface area contributed by atoms with E-state index in [0.717, 1.165) is 22.6 Å². The summed E-state index contributed by atoms with van der Waals surface area (Å²) in [5.41, 5.74) is 3.00. The number of carbonyl (C=O) groups is 1. The van der Waals surface area contributed by atoms with E-state index in [1.807, 2.05) is 66.0 Å². The molecule has 7 nitrogen and oxygen atoms in total. The Morgan fingerprint density at radius 3 is 2.61 bits per heavy atom. The standard InChI is InChI=1S/C23H19N5O2S/c1-30-17-11-9-16(10-12-17)19-14-18(15-6-3-2-4-7-15)24-23-26-22(27-28(19)23)25-21(29)20-8-5-13-31-20/h2-14,19H,1H3,(H2,24,25,26,27,29). The number of hydrogen-bond donors (Lipinski definition) is 2. The van der Waals surface area contributed by atoms with Crippen LogP contribution >= 0.6 is 11.3 Å². The van der Waals surface area contributed by atoms with Crippen molar-refractivity contribution in [2.75, 3.05) is 17.7 Å². The quantitative estimate of drug-likeness (QED) is 0.482. The molecule has 1 aliphatic heterocycles. The number of aromatic nitrogens is 3. The van der Waals surface area contributed by atoms with Gasteiger partial charge in [-0.15, -0.1) is 16.4 Å². The molecule has 0 radical (unpaired) electrons. The van der Waals surface area contributed by atoms with Crippen LogP contribution in [-0.4, -0.2) is 27.8 Å². The van der Waals surface area contributed by atoms with Crippen LogP contribution in [0, 0.1) is 0 Å². The van der Waals surface area contributed by atoms with Gasteiger partial charge in [-0.3, -0.25) is 10.1 Å². The summed E-state index contributed by atoms with van der Waals surface area (Å²) in [6.45, 7) is 0. The predicted octanol–water partition coefficient (Wildman–Crippen LogP) is 4.66. The molecule has 8 heteroatoms. The summed E-state index contributed by atoms with van der Waals surface area (Å²) in [5.74, 6) is 1.37. The van der Waals surface area contributed by atoms with Gasteiger partial charge in [-0.05, 0) is 40.8 Å². The monoisotopic (exact) mass is 429 g/mol. The second-order valence-corrected chi connectivity index (χ2v) is 7.87. The van der Waals surface area contributed by atoms with Crippen molar-refractivity contribution in [2.45, 2.75) is 6.04 Å². The lowest BCUT2D eigenvalue weighted by molar-refractivity contribution is 0.102. The highest BCUT2D eigenvalue weighted by atomic mass is 32.1. The van der Waals surface area contributed by atoms with E-state index < -0.39 is 0 Å². The fourth-order valence-corrected chi connectivity index (χ4v) is 4.06. The summed E-state index contributed by atoms with van der Waals surface area (Å²) in [4.78, 5) is 17.6. The van der Waals surface area contributed by atoms with Gasteiger partial charge in [-0.2, -0.15) is 4.98 Å². The Balaban J connectivity index is 1.52. The van der Waals surface area contributed by atoms with Crippen molar-refractivity contribution in [3.8, 4) is 5.75 Å².